The van der Waals surface area contributed by atoms with Crippen LogP contribution in [0.5, 0.6) is 0 Å². The second kappa shape index (κ2) is 7.09. The second-order valence-corrected chi connectivity index (χ2v) is 6.25. The molecule has 10 heteroatoms. The number of hydrogen-bond acceptors (Lipinski definition) is 4. The first-order valence-corrected chi connectivity index (χ1v) is 8.10. The van der Waals surface area contributed by atoms with Gasteiger partial charge in [-0.3, -0.25) is 4.79 Å². The minimum Gasteiger partial charge on any atom is -0.453 e. The fraction of sp³-hybridized carbons (Fsp3) is 0.412. The van der Waals surface area contributed by atoms with Gasteiger partial charge in [0.15, 0.2) is 0 Å². The van der Waals surface area contributed by atoms with E-state index in [9.17, 15) is 27.2 Å². The molecule has 146 valence electrons. The average Bonchev–Trinajstić information content (AvgIpc) is 3.05. The van der Waals surface area contributed by atoms with Crippen molar-refractivity contribution >= 4 is 6.09 Å². The highest BCUT2D eigenvalue weighted by molar-refractivity contribution is 5.68. The molecule has 1 aliphatic rings. The van der Waals surface area contributed by atoms with Crippen LogP contribution in [-0.4, -0.2) is 29.8 Å². The standard InChI is InChI=1S/C17H16F4N2O4/c1-26-16(25)23-5-4-10(14-8-15(24)22-27-14)7-13(23)9-2-3-11(12(18)6-9)17(19,20)21/h2-3,6,8,10,13H,4-5,7H2,1H3,(H,22,24)/t10-,13+/m1/s1. The summed E-state index contributed by atoms with van der Waals surface area (Å²) in [7, 11) is 1.18. The van der Waals surface area contributed by atoms with Crippen LogP contribution in [0.1, 0.15) is 41.7 Å². The summed E-state index contributed by atoms with van der Waals surface area (Å²) < 4.78 is 62.2. The van der Waals surface area contributed by atoms with Gasteiger partial charge in [-0.25, -0.2) is 9.18 Å². The number of benzene rings is 1. The smallest absolute Gasteiger partial charge is 0.419 e. The lowest BCUT2D eigenvalue weighted by Crippen LogP contribution is -2.40. The first-order chi connectivity index (χ1) is 12.7. The maximum atomic E-state index is 14.0. The Bertz CT molecular complexity index is 890. The van der Waals surface area contributed by atoms with Crippen LogP contribution in [0, 0.1) is 5.82 Å². The molecule has 1 aromatic heterocycles. The van der Waals surface area contributed by atoms with Crippen molar-refractivity contribution in [3.63, 3.8) is 0 Å². The Kier molecular flexibility index (Phi) is 4.99. The molecular weight excluding hydrogens is 372 g/mol. The molecule has 1 saturated heterocycles. The average molecular weight is 388 g/mol. The Morgan fingerprint density at radius 3 is 2.63 bits per heavy atom. The zero-order chi connectivity index (χ0) is 19.8. The molecule has 0 aliphatic carbocycles. The molecule has 2 aromatic rings. The van der Waals surface area contributed by atoms with Crippen LogP contribution in [0.25, 0.3) is 0 Å². The summed E-state index contributed by atoms with van der Waals surface area (Å²) in [6.45, 7) is 0.208. The van der Waals surface area contributed by atoms with E-state index in [1.54, 1.807) is 0 Å². The Hall–Kier alpha value is -2.78. The highest BCUT2D eigenvalue weighted by Crippen LogP contribution is 2.40. The first kappa shape index (κ1) is 19.0. The highest BCUT2D eigenvalue weighted by Gasteiger charge is 2.38. The van der Waals surface area contributed by atoms with Gasteiger partial charge >= 0.3 is 12.3 Å². The van der Waals surface area contributed by atoms with Gasteiger partial charge in [0.2, 0.25) is 0 Å². The lowest BCUT2D eigenvalue weighted by Gasteiger charge is -2.38. The molecule has 27 heavy (non-hydrogen) atoms. The highest BCUT2D eigenvalue weighted by atomic mass is 19.4. The van der Waals surface area contributed by atoms with Crippen molar-refractivity contribution in [3.05, 3.63) is 57.3 Å². The number of halogens is 4. The van der Waals surface area contributed by atoms with Crippen LogP contribution in [0.15, 0.2) is 33.6 Å². The molecule has 1 aliphatic heterocycles. The lowest BCUT2D eigenvalue weighted by atomic mass is 9.85. The van der Waals surface area contributed by atoms with Crippen LogP contribution < -0.4 is 5.56 Å². The van der Waals surface area contributed by atoms with Gasteiger partial charge in [-0.15, -0.1) is 0 Å². The summed E-state index contributed by atoms with van der Waals surface area (Å²) in [6, 6.07) is 3.12. The number of nitrogens with one attached hydrogen (secondary N) is 1. The third kappa shape index (κ3) is 3.83. The van der Waals surface area contributed by atoms with Gasteiger partial charge < -0.3 is 14.2 Å². The molecule has 6 nitrogen and oxygen atoms in total. The number of methoxy groups -OCH3 is 1. The van der Waals surface area contributed by atoms with E-state index in [4.69, 9.17) is 9.26 Å². The van der Waals surface area contributed by atoms with Gasteiger partial charge in [-0.05, 0) is 30.5 Å². The molecular formula is C17H16F4N2O4. The second-order valence-electron chi connectivity index (χ2n) is 6.25. The number of carbonyl (C=O) groups excluding carboxylic acids is 1. The van der Waals surface area contributed by atoms with E-state index in [2.05, 4.69) is 5.16 Å². The Morgan fingerprint density at radius 2 is 2.07 bits per heavy atom. The fourth-order valence-corrected chi connectivity index (χ4v) is 3.34. The van der Waals surface area contributed by atoms with Crippen molar-refractivity contribution in [1.82, 2.24) is 10.1 Å². The van der Waals surface area contributed by atoms with Gasteiger partial charge in [0.05, 0.1) is 18.7 Å². The molecule has 0 saturated carbocycles. The summed E-state index contributed by atoms with van der Waals surface area (Å²) >= 11 is 0. The molecule has 2 atom stereocenters. The van der Waals surface area contributed by atoms with Crippen molar-refractivity contribution in [1.29, 1.82) is 0 Å². The number of amides is 1. The number of carbonyl (C=O) groups is 1. The number of ether oxygens (including phenoxy) is 1. The number of rotatable bonds is 2. The van der Waals surface area contributed by atoms with E-state index in [0.717, 1.165) is 12.1 Å². The molecule has 2 heterocycles. The van der Waals surface area contributed by atoms with E-state index in [-0.39, 0.29) is 24.4 Å². The van der Waals surface area contributed by atoms with E-state index < -0.39 is 35.3 Å². The zero-order valence-electron chi connectivity index (χ0n) is 14.2. The SMILES string of the molecule is COC(=O)N1CC[C@@H](c2cc(=O)[nH]o2)C[C@H]1c1ccc(C(F)(F)F)c(F)c1. The fourth-order valence-electron chi connectivity index (χ4n) is 3.34. The number of hydrogen-bond donors (Lipinski definition) is 1. The van der Waals surface area contributed by atoms with Crippen LogP contribution in [-0.2, 0) is 10.9 Å². The summed E-state index contributed by atoms with van der Waals surface area (Å²) in [4.78, 5) is 24.7. The van der Waals surface area contributed by atoms with E-state index in [0.29, 0.717) is 18.2 Å². The van der Waals surface area contributed by atoms with E-state index >= 15 is 0 Å². The number of aromatic nitrogens is 1. The van der Waals surface area contributed by atoms with Crippen LogP contribution in [0.3, 0.4) is 0 Å². The predicted molar refractivity (Wildman–Crippen MR) is 84.6 cm³/mol. The number of likely N-dealkylation sites (tertiary alicyclic amines) is 1. The summed E-state index contributed by atoms with van der Waals surface area (Å²) in [5, 5.41) is 2.18. The normalized spacial score (nSPS) is 20.6. The molecule has 0 bridgehead atoms. The maximum Gasteiger partial charge on any atom is 0.419 e. The summed E-state index contributed by atoms with van der Waals surface area (Å²) in [6.07, 6.45) is -4.79. The Morgan fingerprint density at radius 1 is 1.33 bits per heavy atom. The van der Waals surface area contributed by atoms with Gasteiger partial charge in [0.25, 0.3) is 5.56 Å². The molecule has 1 amide bonds. The number of alkyl halides is 3. The van der Waals surface area contributed by atoms with Crippen molar-refractivity contribution in [2.75, 3.05) is 13.7 Å². The molecule has 1 N–H and O–H groups in total. The minimum absolute atomic E-state index is 0.202. The molecule has 0 unspecified atom stereocenters. The Balaban J connectivity index is 1.95. The molecule has 1 aromatic carbocycles. The van der Waals surface area contributed by atoms with Gasteiger partial charge in [-0.2, -0.15) is 18.3 Å². The van der Waals surface area contributed by atoms with Crippen LogP contribution in [0.2, 0.25) is 0 Å². The van der Waals surface area contributed by atoms with E-state index in [1.165, 1.54) is 18.1 Å². The van der Waals surface area contributed by atoms with E-state index in [1.807, 2.05) is 0 Å². The van der Waals surface area contributed by atoms with Gasteiger partial charge in [-0.1, -0.05) is 6.07 Å². The quantitative estimate of drug-likeness (QED) is 0.794. The molecule has 0 radical (unpaired) electrons. The van der Waals surface area contributed by atoms with Gasteiger partial charge in [0.1, 0.15) is 11.6 Å². The van der Waals surface area contributed by atoms with Crippen LogP contribution >= 0.6 is 0 Å². The van der Waals surface area contributed by atoms with Gasteiger partial charge in [0, 0.05) is 18.5 Å². The lowest BCUT2D eigenvalue weighted by molar-refractivity contribution is -0.140. The van der Waals surface area contributed by atoms with Crippen molar-refractivity contribution in [3.8, 4) is 0 Å². The first-order valence-electron chi connectivity index (χ1n) is 8.10. The monoisotopic (exact) mass is 388 g/mol. The maximum absolute atomic E-state index is 14.0. The van der Waals surface area contributed by atoms with Crippen molar-refractivity contribution < 1.29 is 31.6 Å². The zero-order valence-corrected chi connectivity index (χ0v) is 14.2. The third-order valence-corrected chi connectivity index (χ3v) is 4.64. The van der Waals surface area contributed by atoms with Crippen molar-refractivity contribution in [2.24, 2.45) is 0 Å². The topological polar surface area (TPSA) is 75.5 Å². The summed E-state index contributed by atoms with van der Waals surface area (Å²) in [5.74, 6) is -1.30. The minimum atomic E-state index is -4.81. The van der Waals surface area contributed by atoms with Crippen molar-refractivity contribution in [2.45, 2.75) is 31.0 Å². The predicted octanol–water partition coefficient (Wildman–Crippen LogP) is 3.81. The molecule has 1 fully saturated rings. The number of piperidine rings is 1. The third-order valence-electron chi connectivity index (χ3n) is 4.64. The number of H-pyrrole nitrogens is 1. The summed E-state index contributed by atoms with van der Waals surface area (Å²) in [5.41, 5.74) is -1.59. The number of nitrogens with zero attached hydrogens (tertiary/aromatic N) is 1. The van der Waals surface area contributed by atoms with Crippen LogP contribution in [0.4, 0.5) is 22.4 Å². The largest absolute Gasteiger partial charge is 0.453 e. The molecule has 3 rings (SSSR count). The number of aromatic amines is 1. The molecule has 0 spiro atoms. The Labute approximate surface area is 150 Å².